The Kier molecular flexibility index (Phi) is 5.83. The Morgan fingerprint density at radius 1 is 1.50 bits per heavy atom. The molecule has 1 saturated heterocycles. The highest BCUT2D eigenvalue weighted by molar-refractivity contribution is 6.20. The Morgan fingerprint density at radius 2 is 2.29 bits per heavy atom. The lowest BCUT2D eigenvalue weighted by Gasteiger charge is -2.13. The van der Waals surface area contributed by atoms with Crippen LogP contribution in [0, 0.1) is 0 Å². The van der Waals surface area contributed by atoms with Crippen LogP contribution in [-0.4, -0.2) is 30.7 Å². The second kappa shape index (κ2) is 6.65. The Hall–Kier alpha value is 0.210. The van der Waals surface area contributed by atoms with Crippen molar-refractivity contribution in [2.45, 2.75) is 57.1 Å². The highest BCUT2D eigenvalue weighted by Crippen LogP contribution is 2.18. The van der Waals surface area contributed by atoms with Crippen LogP contribution in [0.25, 0.3) is 0 Å². The van der Waals surface area contributed by atoms with Crippen molar-refractivity contribution in [1.29, 1.82) is 0 Å². The van der Waals surface area contributed by atoms with Crippen LogP contribution in [-0.2, 0) is 4.74 Å². The van der Waals surface area contributed by atoms with Crippen LogP contribution >= 0.6 is 11.6 Å². The fourth-order valence-electron chi connectivity index (χ4n) is 1.76. The Labute approximate surface area is 92.3 Å². The fourth-order valence-corrected chi connectivity index (χ4v) is 1.87. The standard InChI is InChI=1S/C11H22ClNO/c1-3-10(12)6-7-13-8-11-5-4-9(2)14-11/h9-11,13H,3-8H2,1-2H3. The van der Waals surface area contributed by atoms with Crippen molar-refractivity contribution in [1.82, 2.24) is 5.32 Å². The molecule has 0 radical (unpaired) electrons. The van der Waals surface area contributed by atoms with Gasteiger partial charge in [0.15, 0.2) is 0 Å². The predicted octanol–water partition coefficient (Wildman–Crippen LogP) is 2.55. The van der Waals surface area contributed by atoms with Gasteiger partial charge < -0.3 is 10.1 Å². The Morgan fingerprint density at radius 3 is 2.86 bits per heavy atom. The minimum Gasteiger partial charge on any atom is -0.374 e. The number of ether oxygens (including phenoxy) is 1. The number of halogens is 1. The van der Waals surface area contributed by atoms with E-state index >= 15 is 0 Å². The summed E-state index contributed by atoms with van der Waals surface area (Å²) in [5.74, 6) is 0. The van der Waals surface area contributed by atoms with Crippen molar-refractivity contribution >= 4 is 11.6 Å². The van der Waals surface area contributed by atoms with Gasteiger partial charge in [0.05, 0.1) is 12.2 Å². The van der Waals surface area contributed by atoms with Crippen molar-refractivity contribution in [2.75, 3.05) is 13.1 Å². The molecule has 3 heteroatoms. The van der Waals surface area contributed by atoms with Gasteiger partial charge in [0.25, 0.3) is 0 Å². The van der Waals surface area contributed by atoms with E-state index in [1.165, 1.54) is 12.8 Å². The molecular weight excluding hydrogens is 198 g/mol. The second-order valence-corrected chi connectivity index (χ2v) is 4.76. The van der Waals surface area contributed by atoms with E-state index in [9.17, 15) is 0 Å². The molecule has 0 aliphatic carbocycles. The summed E-state index contributed by atoms with van der Waals surface area (Å²) < 4.78 is 5.70. The van der Waals surface area contributed by atoms with Crippen molar-refractivity contribution in [3.63, 3.8) is 0 Å². The van der Waals surface area contributed by atoms with Gasteiger partial charge in [0.1, 0.15) is 0 Å². The molecule has 0 spiro atoms. The molecule has 1 heterocycles. The fraction of sp³-hybridized carbons (Fsp3) is 1.00. The molecule has 0 bridgehead atoms. The summed E-state index contributed by atoms with van der Waals surface area (Å²) in [4.78, 5) is 0. The molecule has 1 aliphatic heterocycles. The first-order chi connectivity index (χ1) is 6.72. The van der Waals surface area contributed by atoms with Gasteiger partial charge >= 0.3 is 0 Å². The summed E-state index contributed by atoms with van der Waals surface area (Å²) in [6, 6.07) is 0. The summed E-state index contributed by atoms with van der Waals surface area (Å²) in [5.41, 5.74) is 0. The Balaban J connectivity index is 1.94. The van der Waals surface area contributed by atoms with E-state index in [4.69, 9.17) is 16.3 Å². The molecule has 84 valence electrons. The lowest BCUT2D eigenvalue weighted by atomic mass is 10.2. The van der Waals surface area contributed by atoms with Gasteiger partial charge in [-0.05, 0) is 39.2 Å². The smallest absolute Gasteiger partial charge is 0.0704 e. The number of hydrogen-bond acceptors (Lipinski definition) is 2. The number of hydrogen-bond donors (Lipinski definition) is 1. The lowest BCUT2D eigenvalue weighted by Crippen LogP contribution is -2.28. The largest absolute Gasteiger partial charge is 0.374 e. The highest BCUT2D eigenvalue weighted by atomic mass is 35.5. The number of rotatable bonds is 6. The van der Waals surface area contributed by atoms with Crippen LogP contribution in [0.4, 0.5) is 0 Å². The zero-order valence-corrected chi connectivity index (χ0v) is 10.0. The third-order valence-electron chi connectivity index (χ3n) is 2.77. The average molecular weight is 220 g/mol. The molecule has 0 aromatic carbocycles. The maximum atomic E-state index is 6.01. The quantitative estimate of drug-likeness (QED) is 0.548. The molecule has 1 N–H and O–H groups in total. The molecule has 0 aromatic rings. The first kappa shape index (κ1) is 12.3. The van der Waals surface area contributed by atoms with Gasteiger partial charge in [0.2, 0.25) is 0 Å². The van der Waals surface area contributed by atoms with E-state index in [1.807, 2.05) is 0 Å². The van der Waals surface area contributed by atoms with Crippen molar-refractivity contribution in [2.24, 2.45) is 0 Å². The molecule has 3 unspecified atom stereocenters. The molecule has 14 heavy (non-hydrogen) atoms. The molecule has 0 aromatic heterocycles. The summed E-state index contributed by atoms with van der Waals surface area (Å²) in [5, 5.41) is 3.73. The van der Waals surface area contributed by atoms with E-state index in [-0.39, 0.29) is 0 Å². The van der Waals surface area contributed by atoms with Crippen molar-refractivity contribution < 1.29 is 4.74 Å². The summed E-state index contributed by atoms with van der Waals surface area (Å²) in [6.07, 6.45) is 5.41. The van der Waals surface area contributed by atoms with Gasteiger partial charge in [-0.15, -0.1) is 11.6 Å². The minimum absolute atomic E-state index is 0.325. The topological polar surface area (TPSA) is 21.3 Å². The second-order valence-electron chi connectivity index (χ2n) is 4.14. The van der Waals surface area contributed by atoms with Crippen LogP contribution in [0.15, 0.2) is 0 Å². The van der Waals surface area contributed by atoms with Crippen LogP contribution in [0.1, 0.15) is 39.5 Å². The first-order valence-corrected chi connectivity index (χ1v) is 6.16. The maximum Gasteiger partial charge on any atom is 0.0704 e. The van der Waals surface area contributed by atoms with E-state index < -0.39 is 0 Å². The summed E-state index contributed by atoms with van der Waals surface area (Å²) >= 11 is 6.01. The van der Waals surface area contributed by atoms with Crippen molar-refractivity contribution in [3.05, 3.63) is 0 Å². The van der Waals surface area contributed by atoms with E-state index in [0.29, 0.717) is 17.6 Å². The van der Waals surface area contributed by atoms with Gasteiger partial charge in [-0.25, -0.2) is 0 Å². The number of nitrogens with one attached hydrogen (secondary N) is 1. The number of alkyl halides is 1. The normalized spacial score (nSPS) is 29.4. The highest BCUT2D eigenvalue weighted by Gasteiger charge is 2.20. The van der Waals surface area contributed by atoms with Crippen LogP contribution < -0.4 is 5.32 Å². The van der Waals surface area contributed by atoms with E-state index in [2.05, 4.69) is 19.2 Å². The predicted molar refractivity (Wildman–Crippen MR) is 61.0 cm³/mol. The van der Waals surface area contributed by atoms with Crippen LogP contribution in [0.3, 0.4) is 0 Å². The zero-order chi connectivity index (χ0) is 10.4. The average Bonchev–Trinajstić information content (AvgIpc) is 2.58. The van der Waals surface area contributed by atoms with Gasteiger partial charge in [-0.3, -0.25) is 0 Å². The van der Waals surface area contributed by atoms with Gasteiger partial charge in [-0.1, -0.05) is 6.92 Å². The molecule has 1 fully saturated rings. The van der Waals surface area contributed by atoms with Gasteiger partial charge in [-0.2, -0.15) is 0 Å². The minimum atomic E-state index is 0.325. The zero-order valence-electron chi connectivity index (χ0n) is 9.26. The summed E-state index contributed by atoms with van der Waals surface area (Å²) in [7, 11) is 0. The van der Waals surface area contributed by atoms with Gasteiger partial charge in [0, 0.05) is 11.9 Å². The van der Waals surface area contributed by atoms with Crippen LogP contribution in [0.2, 0.25) is 0 Å². The van der Waals surface area contributed by atoms with Crippen LogP contribution in [0.5, 0.6) is 0 Å². The molecule has 3 atom stereocenters. The molecular formula is C11H22ClNO. The molecule has 1 aliphatic rings. The molecule has 0 saturated carbocycles. The molecule has 2 nitrogen and oxygen atoms in total. The Bertz CT molecular complexity index is 154. The summed E-state index contributed by atoms with van der Waals surface area (Å²) in [6.45, 7) is 6.26. The van der Waals surface area contributed by atoms with E-state index in [0.717, 1.165) is 25.9 Å². The molecule has 0 amide bonds. The SMILES string of the molecule is CCC(Cl)CCNCC1CCC(C)O1. The monoisotopic (exact) mass is 219 g/mol. The first-order valence-electron chi connectivity index (χ1n) is 5.72. The third-order valence-corrected chi connectivity index (χ3v) is 3.30. The lowest BCUT2D eigenvalue weighted by molar-refractivity contribution is 0.0561. The van der Waals surface area contributed by atoms with E-state index in [1.54, 1.807) is 0 Å². The molecule has 1 rings (SSSR count). The maximum absolute atomic E-state index is 6.01. The van der Waals surface area contributed by atoms with Crippen molar-refractivity contribution in [3.8, 4) is 0 Å². The third kappa shape index (κ3) is 4.63.